The zero-order valence-electron chi connectivity index (χ0n) is 12.4. The first-order chi connectivity index (χ1) is 10.2. The van der Waals surface area contributed by atoms with E-state index < -0.39 is 5.97 Å². The highest BCUT2D eigenvalue weighted by atomic mass is 16.4. The second-order valence-corrected chi connectivity index (χ2v) is 6.38. The summed E-state index contributed by atoms with van der Waals surface area (Å²) in [6, 6.07) is 11.4. The SMILES string of the molecule is O=C(O)CN1CCC(CN[C@@H]2C[C@H]2c2ccccc2)CC1. The third kappa shape index (κ3) is 4.05. The molecule has 0 amide bonds. The molecule has 1 heterocycles. The molecule has 3 rings (SSSR count). The van der Waals surface area contributed by atoms with Crippen LogP contribution in [-0.4, -0.2) is 48.2 Å². The number of aliphatic carboxylic acids is 1. The lowest BCUT2D eigenvalue weighted by Crippen LogP contribution is -2.40. The lowest BCUT2D eigenvalue weighted by atomic mass is 9.96. The molecule has 0 bridgehead atoms. The van der Waals surface area contributed by atoms with Crippen molar-refractivity contribution in [3.63, 3.8) is 0 Å². The summed E-state index contributed by atoms with van der Waals surface area (Å²) in [5, 5.41) is 12.5. The number of nitrogens with zero attached hydrogens (tertiary/aromatic N) is 1. The van der Waals surface area contributed by atoms with E-state index in [2.05, 4.69) is 35.6 Å². The Morgan fingerprint density at radius 1 is 1.24 bits per heavy atom. The number of hydrogen-bond acceptors (Lipinski definition) is 3. The molecule has 1 aliphatic heterocycles. The van der Waals surface area contributed by atoms with Gasteiger partial charge in [-0.2, -0.15) is 0 Å². The molecule has 1 aromatic carbocycles. The van der Waals surface area contributed by atoms with Crippen molar-refractivity contribution in [3.8, 4) is 0 Å². The molecule has 1 aliphatic carbocycles. The zero-order valence-corrected chi connectivity index (χ0v) is 12.4. The first kappa shape index (κ1) is 14.5. The molecule has 1 saturated heterocycles. The van der Waals surface area contributed by atoms with Crippen molar-refractivity contribution in [3.05, 3.63) is 35.9 Å². The van der Waals surface area contributed by atoms with Gasteiger partial charge in [0.1, 0.15) is 0 Å². The number of carboxylic acids is 1. The Morgan fingerprint density at radius 3 is 2.62 bits per heavy atom. The van der Waals surface area contributed by atoms with Crippen LogP contribution >= 0.6 is 0 Å². The van der Waals surface area contributed by atoms with E-state index in [0.29, 0.717) is 17.9 Å². The molecular formula is C17H24N2O2. The maximum absolute atomic E-state index is 10.7. The standard InChI is InChI=1S/C17H24N2O2/c20-17(21)12-19-8-6-13(7-9-19)11-18-16-10-15(16)14-4-2-1-3-5-14/h1-5,13,15-16,18H,6-12H2,(H,20,21)/t15-,16+/m0/s1. The first-order valence-electron chi connectivity index (χ1n) is 7.95. The third-order valence-corrected chi connectivity index (χ3v) is 4.75. The second-order valence-electron chi connectivity index (χ2n) is 6.38. The van der Waals surface area contributed by atoms with Gasteiger partial charge in [-0.1, -0.05) is 30.3 Å². The molecule has 2 N–H and O–H groups in total. The number of carboxylic acid groups (broad SMARTS) is 1. The highest BCUT2D eigenvalue weighted by Gasteiger charge is 2.38. The number of hydrogen-bond donors (Lipinski definition) is 2. The molecule has 0 spiro atoms. The lowest BCUT2D eigenvalue weighted by Gasteiger charge is -2.30. The van der Waals surface area contributed by atoms with E-state index in [1.165, 1.54) is 12.0 Å². The lowest BCUT2D eigenvalue weighted by molar-refractivity contribution is -0.138. The van der Waals surface area contributed by atoms with Crippen LogP contribution in [0.5, 0.6) is 0 Å². The summed E-state index contributed by atoms with van der Waals surface area (Å²) in [6.07, 6.45) is 3.48. The van der Waals surface area contributed by atoms with Crippen molar-refractivity contribution < 1.29 is 9.90 Å². The van der Waals surface area contributed by atoms with Gasteiger partial charge in [0.25, 0.3) is 0 Å². The quantitative estimate of drug-likeness (QED) is 0.840. The molecule has 21 heavy (non-hydrogen) atoms. The summed E-state index contributed by atoms with van der Waals surface area (Å²) in [7, 11) is 0. The Bertz CT molecular complexity index is 469. The molecule has 0 aromatic heterocycles. The topological polar surface area (TPSA) is 52.6 Å². The monoisotopic (exact) mass is 288 g/mol. The van der Waals surface area contributed by atoms with Crippen molar-refractivity contribution in [1.82, 2.24) is 10.2 Å². The predicted molar refractivity (Wildman–Crippen MR) is 82.4 cm³/mol. The molecule has 114 valence electrons. The smallest absolute Gasteiger partial charge is 0.317 e. The van der Waals surface area contributed by atoms with Crippen LogP contribution < -0.4 is 5.32 Å². The number of likely N-dealkylation sites (tertiary alicyclic amines) is 1. The van der Waals surface area contributed by atoms with Crippen molar-refractivity contribution >= 4 is 5.97 Å². The molecule has 1 aromatic rings. The summed E-state index contributed by atoms with van der Waals surface area (Å²) in [4.78, 5) is 12.7. The molecule has 0 radical (unpaired) electrons. The minimum atomic E-state index is -0.713. The van der Waals surface area contributed by atoms with Crippen LogP contribution in [0.2, 0.25) is 0 Å². The van der Waals surface area contributed by atoms with Crippen LogP contribution in [0.15, 0.2) is 30.3 Å². The van der Waals surface area contributed by atoms with Crippen LogP contribution in [0, 0.1) is 5.92 Å². The normalized spacial score (nSPS) is 26.7. The van der Waals surface area contributed by atoms with Crippen molar-refractivity contribution in [2.75, 3.05) is 26.2 Å². The number of piperidine rings is 1. The fraction of sp³-hybridized carbons (Fsp3) is 0.588. The number of rotatable bonds is 6. The largest absolute Gasteiger partial charge is 0.480 e. The third-order valence-electron chi connectivity index (χ3n) is 4.75. The Balaban J connectivity index is 1.35. The van der Waals surface area contributed by atoms with Gasteiger partial charge in [0.15, 0.2) is 0 Å². The van der Waals surface area contributed by atoms with Gasteiger partial charge in [0.2, 0.25) is 0 Å². The number of carbonyl (C=O) groups is 1. The van der Waals surface area contributed by atoms with Gasteiger partial charge < -0.3 is 10.4 Å². The van der Waals surface area contributed by atoms with Gasteiger partial charge in [-0.25, -0.2) is 0 Å². The van der Waals surface area contributed by atoms with E-state index in [1.54, 1.807) is 0 Å². The van der Waals surface area contributed by atoms with Gasteiger partial charge in [-0.05, 0) is 50.4 Å². The van der Waals surface area contributed by atoms with Crippen LogP contribution in [0.3, 0.4) is 0 Å². The molecule has 0 unspecified atom stereocenters. The maximum atomic E-state index is 10.7. The van der Waals surface area contributed by atoms with E-state index in [0.717, 1.165) is 32.5 Å². The Labute approximate surface area is 126 Å². The van der Waals surface area contributed by atoms with Gasteiger partial charge in [0.05, 0.1) is 6.54 Å². The molecule has 4 heteroatoms. The summed E-state index contributed by atoms with van der Waals surface area (Å²) in [6.45, 7) is 3.12. The average Bonchev–Trinajstić information content (AvgIpc) is 3.27. The van der Waals surface area contributed by atoms with E-state index in [4.69, 9.17) is 5.11 Å². The first-order valence-corrected chi connectivity index (χ1v) is 7.95. The van der Waals surface area contributed by atoms with Gasteiger partial charge in [-0.15, -0.1) is 0 Å². The van der Waals surface area contributed by atoms with E-state index in [-0.39, 0.29) is 6.54 Å². The van der Waals surface area contributed by atoms with Crippen molar-refractivity contribution in [2.45, 2.75) is 31.2 Å². The minimum Gasteiger partial charge on any atom is -0.480 e. The Morgan fingerprint density at radius 2 is 1.95 bits per heavy atom. The molecule has 2 fully saturated rings. The van der Waals surface area contributed by atoms with E-state index in [1.807, 2.05) is 4.90 Å². The molecule has 2 aliphatic rings. The van der Waals surface area contributed by atoms with Crippen LogP contribution in [0.1, 0.15) is 30.7 Å². The molecule has 2 atom stereocenters. The van der Waals surface area contributed by atoms with Crippen molar-refractivity contribution in [1.29, 1.82) is 0 Å². The second kappa shape index (κ2) is 6.58. The highest BCUT2D eigenvalue weighted by Crippen LogP contribution is 2.40. The highest BCUT2D eigenvalue weighted by molar-refractivity contribution is 5.69. The van der Waals surface area contributed by atoms with Crippen LogP contribution in [0.4, 0.5) is 0 Å². The Kier molecular flexibility index (Phi) is 4.56. The van der Waals surface area contributed by atoms with Gasteiger partial charge >= 0.3 is 5.97 Å². The fourth-order valence-corrected chi connectivity index (χ4v) is 3.35. The summed E-state index contributed by atoms with van der Waals surface area (Å²) >= 11 is 0. The van der Waals surface area contributed by atoms with Crippen molar-refractivity contribution in [2.24, 2.45) is 5.92 Å². The summed E-state index contributed by atoms with van der Waals surface area (Å²) in [5.74, 6) is 0.681. The zero-order chi connectivity index (χ0) is 14.7. The average molecular weight is 288 g/mol. The minimum absolute atomic E-state index is 0.193. The molecular weight excluding hydrogens is 264 g/mol. The summed E-state index contributed by atoms with van der Waals surface area (Å²) < 4.78 is 0. The fourth-order valence-electron chi connectivity index (χ4n) is 3.35. The van der Waals surface area contributed by atoms with E-state index in [9.17, 15) is 4.79 Å². The van der Waals surface area contributed by atoms with E-state index >= 15 is 0 Å². The maximum Gasteiger partial charge on any atom is 0.317 e. The number of nitrogens with one attached hydrogen (secondary N) is 1. The summed E-state index contributed by atoms with van der Waals surface area (Å²) in [5.41, 5.74) is 1.45. The molecule has 1 saturated carbocycles. The van der Waals surface area contributed by atoms with Crippen LogP contribution in [0.25, 0.3) is 0 Å². The van der Waals surface area contributed by atoms with Crippen LogP contribution in [-0.2, 0) is 4.79 Å². The molecule has 4 nitrogen and oxygen atoms in total. The predicted octanol–water partition coefficient (Wildman–Crippen LogP) is 1.93. The number of benzene rings is 1. The Hall–Kier alpha value is -1.39. The van der Waals surface area contributed by atoms with Gasteiger partial charge in [0, 0.05) is 12.0 Å². The van der Waals surface area contributed by atoms with Gasteiger partial charge in [-0.3, -0.25) is 9.69 Å².